The third-order valence-corrected chi connectivity index (χ3v) is 4.81. The summed E-state index contributed by atoms with van der Waals surface area (Å²) in [6, 6.07) is 6.41. The minimum Gasteiger partial charge on any atom is -0.387 e. The van der Waals surface area contributed by atoms with Crippen LogP contribution in [0, 0.1) is 5.41 Å². The van der Waals surface area contributed by atoms with E-state index >= 15 is 0 Å². The lowest BCUT2D eigenvalue weighted by Gasteiger charge is -2.15. The summed E-state index contributed by atoms with van der Waals surface area (Å²) in [6.45, 7) is 3.65. The van der Waals surface area contributed by atoms with Crippen molar-refractivity contribution in [3.05, 3.63) is 29.8 Å². The number of hydrogen-bond donors (Lipinski definition) is 2. The molecule has 0 saturated heterocycles. The molecule has 4 nitrogen and oxygen atoms in total. The van der Waals surface area contributed by atoms with Crippen LogP contribution in [0.4, 0.5) is 0 Å². The van der Waals surface area contributed by atoms with Crippen molar-refractivity contribution in [1.29, 1.82) is 0 Å². The zero-order valence-electron chi connectivity index (χ0n) is 11.4. The molecule has 19 heavy (non-hydrogen) atoms. The summed E-state index contributed by atoms with van der Waals surface area (Å²) < 4.78 is 22.7. The molecule has 1 unspecified atom stereocenters. The van der Waals surface area contributed by atoms with E-state index in [0.717, 1.165) is 12.1 Å². The summed E-state index contributed by atoms with van der Waals surface area (Å²) >= 11 is 0. The normalized spacial score (nSPS) is 19.1. The van der Waals surface area contributed by atoms with Crippen LogP contribution in [0.2, 0.25) is 0 Å². The maximum Gasteiger partial charge on any atom is 0.175 e. The predicted octanol–water partition coefficient (Wildman–Crippen LogP) is 1.51. The van der Waals surface area contributed by atoms with Gasteiger partial charge in [-0.15, -0.1) is 0 Å². The van der Waals surface area contributed by atoms with Crippen molar-refractivity contribution in [1.82, 2.24) is 5.32 Å². The first-order valence-corrected chi connectivity index (χ1v) is 8.38. The largest absolute Gasteiger partial charge is 0.387 e. The van der Waals surface area contributed by atoms with Crippen LogP contribution in [0.5, 0.6) is 0 Å². The van der Waals surface area contributed by atoms with Crippen LogP contribution in [0.1, 0.15) is 31.4 Å². The summed E-state index contributed by atoms with van der Waals surface area (Å²) in [5, 5.41) is 13.3. The number of aliphatic hydroxyl groups excluding tert-OH is 1. The molecule has 0 heterocycles. The van der Waals surface area contributed by atoms with Crippen LogP contribution in [0.25, 0.3) is 0 Å². The molecule has 5 heteroatoms. The van der Waals surface area contributed by atoms with Gasteiger partial charge in [-0.3, -0.25) is 0 Å². The highest BCUT2D eigenvalue weighted by Gasteiger charge is 2.36. The monoisotopic (exact) mass is 283 g/mol. The van der Waals surface area contributed by atoms with Crippen LogP contribution in [-0.2, 0) is 9.84 Å². The highest BCUT2D eigenvalue weighted by Crippen LogP contribution is 2.44. The van der Waals surface area contributed by atoms with Gasteiger partial charge in [0.15, 0.2) is 9.84 Å². The van der Waals surface area contributed by atoms with Gasteiger partial charge in [0.05, 0.1) is 11.0 Å². The number of rotatable bonds is 6. The fraction of sp³-hybridized carbons (Fsp3) is 0.571. The van der Waals surface area contributed by atoms with Crippen molar-refractivity contribution in [2.75, 3.05) is 19.3 Å². The molecule has 0 amide bonds. The standard InChI is InChI=1S/C14H21NO3S/c1-14(7-8-14)10-15-9-13(16)11-3-5-12(6-4-11)19(2,17)18/h3-6,13,15-16H,7-10H2,1-2H3. The predicted molar refractivity (Wildman–Crippen MR) is 74.7 cm³/mol. The van der Waals surface area contributed by atoms with Gasteiger partial charge in [0.2, 0.25) is 0 Å². The van der Waals surface area contributed by atoms with Gasteiger partial charge in [0.1, 0.15) is 0 Å². The van der Waals surface area contributed by atoms with E-state index < -0.39 is 15.9 Å². The molecule has 106 valence electrons. The van der Waals surface area contributed by atoms with Crippen LogP contribution in [0.15, 0.2) is 29.2 Å². The summed E-state index contributed by atoms with van der Waals surface area (Å²) in [6.07, 6.45) is 3.07. The average Bonchev–Trinajstić information content (AvgIpc) is 3.06. The third-order valence-electron chi connectivity index (χ3n) is 3.69. The van der Waals surface area contributed by atoms with E-state index in [1.54, 1.807) is 12.1 Å². The van der Waals surface area contributed by atoms with E-state index in [2.05, 4.69) is 12.2 Å². The molecule has 2 rings (SSSR count). The van der Waals surface area contributed by atoms with E-state index in [0.29, 0.717) is 12.0 Å². The summed E-state index contributed by atoms with van der Waals surface area (Å²) in [5.41, 5.74) is 1.15. The van der Waals surface area contributed by atoms with Gasteiger partial charge in [-0.25, -0.2) is 8.42 Å². The average molecular weight is 283 g/mol. The Bertz CT molecular complexity index is 532. The molecule has 2 N–H and O–H groups in total. The first-order chi connectivity index (χ1) is 8.80. The second-order valence-electron chi connectivity index (χ2n) is 5.80. The van der Waals surface area contributed by atoms with Crippen LogP contribution < -0.4 is 5.32 Å². The molecule has 1 aromatic carbocycles. The number of aliphatic hydroxyl groups is 1. The molecular formula is C14H21NO3S. The second kappa shape index (κ2) is 5.23. The van der Waals surface area contributed by atoms with Gasteiger partial charge in [0, 0.05) is 19.3 Å². The minimum absolute atomic E-state index is 0.280. The first-order valence-electron chi connectivity index (χ1n) is 6.49. The smallest absolute Gasteiger partial charge is 0.175 e. The molecule has 1 saturated carbocycles. The van der Waals surface area contributed by atoms with Gasteiger partial charge in [-0.2, -0.15) is 0 Å². The van der Waals surface area contributed by atoms with Crippen molar-refractivity contribution in [2.24, 2.45) is 5.41 Å². The van der Waals surface area contributed by atoms with Gasteiger partial charge in [0.25, 0.3) is 0 Å². The van der Waals surface area contributed by atoms with E-state index in [9.17, 15) is 13.5 Å². The minimum atomic E-state index is -3.17. The zero-order valence-corrected chi connectivity index (χ0v) is 12.2. The molecule has 1 aliphatic carbocycles. The number of sulfone groups is 1. The highest BCUT2D eigenvalue weighted by molar-refractivity contribution is 7.90. The van der Waals surface area contributed by atoms with E-state index in [1.165, 1.54) is 31.2 Å². The van der Waals surface area contributed by atoms with Gasteiger partial charge in [-0.1, -0.05) is 19.1 Å². The number of nitrogens with one attached hydrogen (secondary N) is 1. The molecule has 0 aliphatic heterocycles. The lowest BCUT2D eigenvalue weighted by atomic mass is 10.1. The van der Waals surface area contributed by atoms with Crippen molar-refractivity contribution in [3.8, 4) is 0 Å². The number of benzene rings is 1. The Hall–Kier alpha value is -0.910. The Labute approximate surface area is 114 Å². The maximum atomic E-state index is 11.3. The van der Waals surface area contributed by atoms with Crippen molar-refractivity contribution in [3.63, 3.8) is 0 Å². The Kier molecular flexibility index (Phi) is 3.99. The topological polar surface area (TPSA) is 66.4 Å². The highest BCUT2D eigenvalue weighted by atomic mass is 32.2. The maximum absolute atomic E-state index is 11.3. The van der Waals surface area contributed by atoms with E-state index in [-0.39, 0.29) is 4.90 Å². The summed E-state index contributed by atoms with van der Waals surface area (Å²) in [5.74, 6) is 0. The van der Waals surface area contributed by atoms with Gasteiger partial charge in [-0.05, 0) is 36.0 Å². The molecule has 0 aromatic heterocycles. The van der Waals surface area contributed by atoms with Crippen molar-refractivity contribution in [2.45, 2.75) is 30.8 Å². The van der Waals surface area contributed by atoms with Crippen molar-refractivity contribution < 1.29 is 13.5 Å². The lowest BCUT2D eigenvalue weighted by molar-refractivity contribution is 0.172. The Morgan fingerprint density at radius 3 is 2.37 bits per heavy atom. The molecule has 1 aromatic rings. The third kappa shape index (κ3) is 4.03. The summed E-state index contributed by atoms with van der Waals surface area (Å²) in [4.78, 5) is 0.280. The molecule has 0 spiro atoms. The molecule has 1 fully saturated rings. The van der Waals surface area contributed by atoms with E-state index in [1.807, 2.05) is 0 Å². The van der Waals surface area contributed by atoms with E-state index in [4.69, 9.17) is 0 Å². The Morgan fingerprint density at radius 2 is 1.89 bits per heavy atom. The van der Waals surface area contributed by atoms with Crippen LogP contribution in [0.3, 0.4) is 0 Å². The Morgan fingerprint density at radius 1 is 1.32 bits per heavy atom. The van der Waals surface area contributed by atoms with Crippen LogP contribution in [-0.4, -0.2) is 32.9 Å². The Balaban J connectivity index is 1.90. The quantitative estimate of drug-likeness (QED) is 0.830. The fourth-order valence-corrected chi connectivity index (χ4v) is 2.59. The molecule has 0 bridgehead atoms. The molecule has 1 atom stereocenters. The lowest BCUT2D eigenvalue weighted by Crippen LogP contribution is -2.27. The summed E-state index contributed by atoms with van der Waals surface area (Å²) in [7, 11) is -3.17. The first kappa shape index (κ1) is 14.5. The molecular weight excluding hydrogens is 262 g/mol. The zero-order chi connectivity index (χ0) is 14.1. The van der Waals surface area contributed by atoms with Crippen molar-refractivity contribution >= 4 is 9.84 Å². The van der Waals surface area contributed by atoms with Gasteiger partial charge >= 0.3 is 0 Å². The molecule has 0 radical (unpaired) electrons. The molecule has 1 aliphatic rings. The SMILES string of the molecule is CC1(CNCC(O)c2ccc(S(C)(=O)=O)cc2)CC1. The number of hydrogen-bond acceptors (Lipinski definition) is 4. The van der Waals surface area contributed by atoms with Gasteiger partial charge < -0.3 is 10.4 Å². The van der Waals surface area contributed by atoms with Crippen LogP contribution >= 0.6 is 0 Å². The second-order valence-corrected chi connectivity index (χ2v) is 7.81. The fourth-order valence-electron chi connectivity index (χ4n) is 1.96.